The predicted molar refractivity (Wildman–Crippen MR) is 54.4 cm³/mol. The van der Waals surface area contributed by atoms with Crippen LogP contribution in [0, 0.1) is 0 Å². The fraction of sp³-hybridized carbons (Fsp3) is 0.455. The van der Waals surface area contributed by atoms with Gasteiger partial charge in [0.05, 0.1) is 12.3 Å². The van der Waals surface area contributed by atoms with Crippen molar-refractivity contribution in [3.8, 4) is 5.75 Å². The molecule has 0 spiro atoms. The second-order valence-corrected chi connectivity index (χ2v) is 3.25. The van der Waals surface area contributed by atoms with Crippen LogP contribution in [0.3, 0.4) is 0 Å². The Morgan fingerprint density at radius 3 is 3.08 bits per heavy atom. The van der Waals surface area contributed by atoms with Crippen molar-refractivity contribution in [2.75, 3.05) is 24.6 Å². The van der Waals surface area contributed by atoms with Crippen LogP contribution in [0.4, 0.5) is 5.69 Å². The van der Waals surface area contributed by atoms with Gasteiger partial charge in [0.2, 0.25) is 0 Å². The number of benzene rings is 1. The first-order chi connectivity index (χ1) is 6.42. The summed E-state index contributed by atoms with van der Waals surface area (Å²) in [6.45, 7) is 5.18. The molecule has 1 aromatic rings. The van der Waals surface area contributed by atoms with E-state index in [0.717, 1.165) is 31.9 Å². The van der Waals surface area contributed by atoms with Crippen LogP contribution in [-0.4, -0.2) is 19.7 Å². The number of para-hydroxylation sites is 2. The summed E-state index contributed by atoms with van der Waals surface area (Å²) in [6, 6.07) is 8.27. The molecule has 1 heterocycles. The minimum atomic E-state index is 0.841. The maximum absolute atomic E-state index is 5.64. The van der Waals surface area contributed by atoms with E-state index in [1.54, 1.807) is 0 Å². The van der Waals surface area contributed by atoms with E-state index in [2.05, 4.69) is 24.0 Å². The third kappa shape index (κ3) is 1.62. The monoisotopic (exact) mass is 177 g/mol. The fourth-order valence-electron chi connectivity index (χ4n) is 1.73. The Kier molecular flexibility index (Phi) is 2.39. The normalized spacial score (nSPS) is 15.9. The van der Waals surface area contributed by atoms with Gasteiger partial charge >= 0.3 is 0 Å². The van der Waals surface area contributed by atoms with Gasteiger partial charge in [-0.25, -0.2) is 0 Å². The molecule has 0 fully saturated rings. The molecule has 0 atom stereocenters. The Bertz CT molecular complexity index is 285. The summed E-state index contributed by atoms with van der Waals surface area (Å²) >= 11 is 0. The summed E-state index contributed by atoms with van der Waals surface area (Å²) < 4.78 is 5.64. The molecule has 13 heavy (non-hydrogen) atoms. The average Bonchev–Trinajstić information content (AvgIpc) is 2.39. The number of anilines is 1. The first-order valence-electron chi connectivity index (χ1n) is 4.88. The van der Waals surface area contributed by atoms with Crippen molar-refractivity contribution in [1.82, 2.24) is 0 Å². The Labute approximate surface area is 79.1 Å². The molecule has 2 rings (SSSR count). The maximum atomic E-state index is 5.64. The Morgan fingerprint density at radius 1 is 1.38 bits per heavy atom. The van der Waals surface area contributed by atoms with E-state index < -0.39 is 0 Å². The summed E-state index contributed by atoms with van der Waals surface area (Å²) in [5.41, 5.74) is 1.24. The van der Waals surface area contributed by atoms with Crippen LogP contribution in [-0.2, 0) is 0 Å². The lowest BCUT2D eigenvalue weighted by Gasteiger charge is -2.21. The van der Waals surface area contributed by atoms with E-state index in [1.165, 1.54) is 5.69 Å². The van der Waals surface area contributed by atoms with Gasteiger partial charge < -0.3 is 9.64 Å². The minimum Gasteiger partial charge on any atom is -0.491 e. The molecule has 2 heteroatoms. The summed E-state index contributed by atoms with van der Waals surface area (Å²) in [5, 5.41) is 0. The van der Waals surface area contributed by atoms with Crippen molar-refractivity contribution < 1.29 is 4.74 Å². The van der Waals surface area contributed by atoms with Crippen LogP contribution in [0.15, 0.2) is 24.3 Å². The van der Waals surface area contributed by atoms with E-state index in [1.807, 2.05) is 12.1 Å². The molecule has 0 aliphatic carbocycles. The maximum Gasteiger partial charge on any atom is 0.142 e. The number of nitrogens with zero attached hydrogens (tertiary/aromatic N) is 1. The second kappa shape index (κ2) is 3.69. The highest BCUT2D eigenvalue weighted by Gasteiger charge is 2.13. The van der Waals surface area contributed by atoms with Crippen molar-refractivity contribution in [3.05, 3.63) is 24.3 Å². The molecule has 1 aliphatic heterocycles. The van der Waals surface area contributed by atoms with Gasteiger partial charge in [-0.1, -0.05) is 12.1 Å². The minimum absolute atomic E-state index is 0.841. The number of hydrogen-bond acceptors (Lipinski definition) is 2. The van der Waals surface area contributed by atoms with Crippen molar-refractivity contribution in [2.24, 2.45) is 0 Å². The summed E-state index contributed by atoms with van der Waals surface area (Å²) in [7, 11) is 0. The Morgan fingerprint density at radius 2 is 2.23 bits per heavy atom. The zero-order chi connectivity index (χ0) is 9.10. The molecule has 0 amide bonds. The smallest absolute Gasteiger partial charge is 0.142 e. The van der Waals surface area contributed by atoms with Crippen molar-refractivity contribution in [3.63, 3.8) is 0 Å². The van der Waals surface area contributed by atoms with Crippen LogP contribution in [0.1, 0.15) is 13.3 Å². The molecule has 1 aromatic carbocycles. The van der Waals surface area contributed by atoms with E-state index in [-0.39, 0.29) is 0 Å². The SMILES string of the molecule is CCN1CCCOc2ccccc21. The van der Waals surface area contributed by atoms with Crippen LogP contribution in [0.2, 0.25) is 0 Å². The number of fused-ring (bicyclic) bond motifs is 1. The zero-order valence-corrected chi connectivity index (χ0v) is 7.99. The molecule has 0 N–H and O–H groups in total. The van der Waals surface area contributed by atoms with Gasteiger partial charge in [0.25, 0.3) is 0 Å². The third-order valence-corrected chi connectivity index (χ3v) is 2.42. The van der Waals surface area contributed by atoms with Crippen LogP contribution >= 0.6 is 0 Å². The summed E-state index contributed by atoms with van der Waals surface area (Å²) in [5.74, 6) is 1.03. The first-order valence-corrected chi connectivity index (χ1v) is 4.88. The molecule has 0 saturated carbocycles. The highest BCUT2D eigenvalue weighted by atomic mass is 16.5. The summed E-state index contributed by atoms with van der Waals surface area (Å²) in [6.07, 6.45) is 1.11. The predicted octanol–water partition coefficient (Wildman–Crippen LogP) is 2.30. The lowest BCUT2D eigenvalue weighted by atomic mass is 10.2. The molecule has 0 unspecified atom stereocenters. The molecule has 0 aromatic heterocycles. The van der Waals surface area contributed by atoms with Crippen molar-refractivity contribution in [1.29, 1.82) is 0 Å². The Hall–Kier alpha value is -1.18. The van der Waals surface area contributed by atoms with Gasteiger partial charge in [-0.15, -0.1) is 0 Å². The van der Waals surface area contributed by atoms with Gasteiger partial charge in [0, 0.05) is 13.1 Å². The van der Waals surface area contributed by atoms with E-state index in [0.29, 0.717) is 0 Å². The molecule has 1 aliphatic rings. The van der Waals surface area contributed by atoms with Gasteiger partial charge in [-0.2, -0.15) is 0 Å². The lowest BCUT2D eigenvalue weighted by molar-refractivity contribution is 0.322. The van der Waals surface area contributed by atoms with Gasteiger partial charge in [0.15, 0.2) is 0 Å². The molecular weight excluding hydrogens is 162 g/mol. The van der Waals surface area contributed by atoms with E-state index in [9.17, 15) is 0 Å². The highest BCUT2D eigenvalue weighted by Crippen LogP contribution is 2.29. The topological polar surface area (TPSA) is 12.5 Å². The number of rotatable bonds is 1. The van der Waals surface area contributed by atoms with Crippen molar-refractivity contribution in [2.45, 2.75) is 13.3 Å². The largest absolute Gasteiger partial charge is 0.491 e. The Balaban J connectivity index is 2.35. The fourth-order valence-corrected chi connectivity index (χ4v) is 1.73. The van der Waals surface area contributed by atoms with E-state index >= 15 is 0 Å². The quantitative estimate of drug-likeness (QED) is 0.652. The van der Waals surface area contributed by atoms with Gasteiger partial charge in [0.1, 0.15) is 5.75 Å². The van der Waals surface area contributed by atoms with E-state index in [4.69, 9.17) is 4.74 Å². The van der Waals surface area contributed by atoms with Gasteiger partial charge in [-0.05, 0) is 25.5 Å². The summed E-state index contributed by atoms with van der Waals surface area (Å²) in [4.78, 5) is 2.36. The second-order valence-electron chi connectivity index (χ2n) is 3.25. The average molecular weight is 177 g/mol. The molecule has 70 valence electrons. The van der Waals surface area contributed by atoms with Gasteiger partial charge in [-0.3, -0.25) is 0 Å². The zero-order valence-electron chi connectivity index (χ0n) is 7.99. The molecule has 2 nitrogen and oxygen atoms in total. The first kappa shape index (κ1) is 8.42. The third-order valence-electron chi connectivity index (χ3n) is 2.42. The number of hydrogen-bond donors (Lipinski definition) is 0. The lowest BCUT2D eigenvalue weighted by Crippen LogP contribution is -2.22. The molecule has 0 bridgehead atoms. The molecular formula is C11H15NO. The number of ether oxygens (including phenoxy) is 1. The molecule has 0 radical (unpaired) electrons. The molecule has 0 saturated heterocycles. The standard InChI is InChI=1S/C11H15NO/c1-2-12-8-5-9-13-11-7-4-3-6-10(11)12/h3-4,6-7H,2,5,8-9H2,1H3. The van der Waals surface area contributed by atoms with Crippen LogP contribution < -0.4 is 9.64 Å². The van der Waals surface area contributed by atoms with Crippen LogP contribution in [0.25, 0.3) is 0 Å². The highest BCUT2D eigenvalue weighted by molar-refractivity contribution is 5.58. The van der Waals surface area contributed by atoms with Crippen LogP contribution in [0.5, 0.6) is 5.75 Å². The van der Waals surface area contributed by atoms with Crippen molar-refractivity contribution >= 4 is 5.69 Å².